The van der Waals surface area contributed by atoms with E-state index in [1.165, 1.54) is 11.8 Å². The quantitative estimate of drug-likeness (QED) is 0.593. The number of amidine groups is 1. The molecule has 1 heterocycles. The van der Waals surface area contributed by atoms with Gasteiger partial charge in [-0.2, -0.15) is 0 Å². The van der Waals surface area contributed by atoms with E-state index in [0.29, 0.717) is 29.0 Å². The highest BCUT2D eigenvalue weighted by Gasteiger charge is 2.38. The second-order valence-corrected chi connectivity index (χ2v) is 8.53. The number of ether oxygens (including phenoxy) is 1. The normalized spacial score (nSPS) is 17.1. The van der Waals surface area contributed by atoms with E-state index in [1.807, 2.05) is 43.3 Å². The van der Waals surface area contributed by atoms with Crippen LogP contribution in [0, 0.1) is 6.92 Å². The van der Waals surface area contributed by atoms with Gasteiger partial charge in [-0.3, -0.25) is 14.5 Å². The van der Waals surface area contributed by atoms with E-state index in [-0.39, 0.29) is 18.2 Å². The lowest BCUT2D eigenvalue weighted by atomic mass is 10.2. The number of halogens is 1. The minimum Gasteiger partial charge on any atom is -0.497 e. The van der Waals surface area contributed by atoms with Crippen molar-refractivity contribution < 1.29 is 14.3 Å². The van der Waals surface area contributed by atoms with E-state index >= 15 is 0 Å². The molecule has 1 aliphatic heterocycles. The average Bonchev–Trinajstić information content (AvgIpc) is 3.05. The van der Waals surface area contributed by atoms with Crippen LogP contribution in [0.3, 0.4) is 0 Å². The summed E-state index contributed by atoms with van der Waals surface area (Å²) in [5.41, 5.74) is 2.48. The van der Waals surface area contributed by atoms with E-state index in [4.69, 9.17) is 16.3 Å². The first-order valence-electron chi connectivity index (χ1n) is 9.75. The fraction of sp³-hybridized carbons (Fsp3) is 0.261. The maximum absolute atomic E-state index is 12.9. The van der Waals surface area contributed by atoms with Gasteiger partial charge in [-0.05, 0) is 42.3 Å². The standard InChI is InChI=1S/C23H24ClN3O3S/c1-4-12-27-22(29)20(31-23(27)26-19-7-5-6-18(24)15(19)2)13-21(28)25-14-16-8-10-17(30-3)11-9-16/h4-11,20H,1,12-14H2,2-3H3,(H,25,28)/t20-/m0/s1. The molecule has 0 bridgehead atoms. The summed E-state index contributed by atoms with van der Waals surface area (Å²) in [6.45, 7) is 6.32. The Bertz CT molecular complexity index is 1010. The molecule has 0 aliphatic carbocycles. The molecule has 0 aromatic heterocycles. The highest BCUT2D eigenvalue weighted by Crippen LogP contribution is 2.33. The Balaban J connectivity index is 1.67. The first-order chi connectivity index (χ1) is 14.9. The molecule has 2 aromatic rings. The number of hydrogen-bond acceptors (Lipinski definition) is 5. The summed E-state index contributed by atoms with van der Waals surface area (Å²) in [4.78, 5) is 31.6. The summed E-state index contributed by atoms with van der Waals surface area (Å²) in [5.74, 6) is 0.412. The number of nitrogens with zero attached hydrogens (tertiary/aromatic N) is 2. The molecule has 162 valence electrons. The number of carbonyl (C=O) groups excluding carboxylic acids is 2. The number of benzene rings is 2. The molecule has 0 radical (unpaired) electrons. The van der Waals surface area contributed by atoms with Crippen molar-refractivity contribution in [3.05, 3.63) is 71.3 Å². The predicted octanol–water partition coefficient (Wildman–Crippen LogP) is 4.48. The maximum atomic E-state index is 12.9. The lowest BCUT2D eigenvalue weighted by molar-refractivity contribution is -0.129. The molecule has 2 aromatic carbocycles. The van der Waals surface area contributed by atoms with Gasteiger partial charge in [0.2, 0.25) is 11.8 Å². The number of thioether (sulfide) groups is 1. The van der Waals surface area contributed by atoms with E-state index in [0.717, 1.165) is 16.9 Å². The molecule has 1 saturated heterocycles. The summed E-state index contributed by atoms with van der Waals surface area (Å²) < 4.78 is 5.13. The Morgan fingerprint density at radius 2 is 2.06 bits per heavy atom. The molecule has 6 nitrogen and oxygen atoms in total. The molecule has 3 rings (SSSR count). The largest absolute Gasteiger partial charge is 0.497 e. The van der Waals surface area contributed by atoms with Crippen LogP contribution in [0.5, 0.6) is 5.75 Å². The van der Waals surface area contributed by atoms with Crippen molar-refractivity contribution in [2.24, 2.45) is 4.99 Å². The molecule has 8 heteroatoms. The van der Waals surface area contributed by atoms with Crippen molar-refractivity contribution in [3.63, 3.8) is 0 Å². The molecule has 0 saturated carbocycles. The maximum Gasteiger partial charge on any atom is 0.242 e. The smallest absolute Gasteiger partial charge is 0.242 e. The average molecular weight is 458 g/mol. The lowest BCUT2D eigenvalue weighted by Gasteiger charge is -2.14. The fourth-order valence-electron chi connectivity index (χ4n) is 3.03. The molecule has 1 aliphatic rings. The molecular formula is C23H24ClN3O3S. The highest BCUT2D eigenvalue weighted by atomic mass is 35.5. The summed E-state index contributed by atoms with van der Waals surface area (Å²) >= 11 is 7.48. The van der Waals surface area contributed by atoms with Crippen molar-refractivity contribution in [3.8, 4) is 5.75 Å². The summed E-state index contributed by atoms with van der Waals surface area (Å²) in [5, 5.41) is 3.49. The number of rotatable bonds is 8. The zero-order valence-electron chi connectivity index (χ0n) is 17.4. The van der Waals surface area contributed by atoms with E-state index in [1.54, 1.807) is 24.2 Å². The number of carbonyl (C=O) groups is 2. The molecule has 31 heavy (non-hydrogen) atoms. The monoisotopic (exact) mass is 457 g/mol. The van der Waals surface area contributed by atoms with Gasteiger partial charge in [0.05, 0.1) is 12.8 Å². The van der Waals surface area contributed by atoms with Crippen molar-refractivity contribution in [2.45, 2.75) is 25.1 Å². The molecular weight excluding hydrogens is 434 g/mol. The van der Waals surface area contributed by atoms with Gasteiger partial charge in [0.1, 0.15) is 11.0 Å². The first-order valence-corrected chi connectivity index (χ1v) is 11.0. The van der Waals surface area contributed by atoms with Crippen molar-refractivity contribution in [2.75, 3.05) is 13.7 Å². The summed E-state index contributed by atoms with van der Waals surface area (Å²) in [7, 11) is 1.61. The highest BCUT2D eigenvalue weighted by molar-refractivity contribution is 8.15. The SMILES string of the molecule is C=CCN1C(=O)[C@H](CC(=O)NCc2ccc(OC)cc2)SC1=Nc1cccc(Cl)c1C. The number of aliphatic imine (C=N–C) groups is 1. The second-order valence-electron chi connectivity index (χ2n) is 6.95. The van der Waals surface area contributed by atoms with Gasteiger partial charge in [0, 0.05) is 24.5 Å². The van der Waals surface area contributed by atoms with Crippen molar-refractivity contribution >= 4 is 46.0 Å². The number of methoxy groups -OCH3 is 1. The third-order valence-corrected chi connectivity index (χ3v) is 6.39. The van der Waals surface area contributed by atoms with E-state index in [9.17, 15) is 9.59 Å². The topological polar surface area (TPSA) is 71.0 Å². The number of nitrogens with one attached hydrogen (secondary N) is 1. The van der Waals surface area contributed by atoms with Gasteiger partial charge in [-0.25, -0.2) is 4.99 Å². The Kier molecular flexibility index (Phi) is 7.76. The Morgan fingerprint density at radius 1 is 1.32 bits per heavy atom. The van der Waals surface area contributed by atoms with Crippen LogP contribution in [0.2, 0.25) is 5.02 Å². The van der Waals surface area contributed by atoms with Gasteiger partial charge in [-0.15, -0.1) is 6.58 Å². The van der Waals surface area contributed by atoms with Crippen molar-refractivity contribution in [1.82, 2.24) is 10.2 Å². The Labute approximate surface area is 191 Å². The third-order valence-electron chi connectivity index (χ3n) is 4.81. The summed E-state index contributed by atoms with van der Waals surface area (Å²) in [6.07, 6.45) is 1.71. The molecule has 1 atom stereocenters. The molecule has 2 amide bonds. The van der Waals surface area contributed by atoms with Gasteiger partial charge >= 0.3 is 0 Å². The van der Waals surface area contributed by atoms with E-state index < -0.39 is 5.25 Å². The lowest BCUT2D eigenvalue weighted by Crippen LogP contribution is -2.34. The predicted molar refractivity (Wildman–Crippen MR) is 126 cm³/mol. The van der Waals surface area contributed by atoms with Crippen LogP contribution >= 0.6 is 23.4 Å². The van der Waals surface area contributed by atoms with Crippen molar-refractivity contribution in [1.29, 1.82) is 0 Å². The zero-order chi connectivity index (χ0) is 22.4. The van der Waals surface area contributed by atoms with E-state index in [2.05, 4.69) is 16.9 Å². The molecule has 1 fully saturated rings. The van der Waals surface area contributed by atoms with Gasteiger partial charge < -0.3 is 10.1 Å². The van der Waals surface area contributed by atoms with Crippen LogP contribution in [0.25, 0.3) is 0 Å². The van der Waals surface area contributed by atoms with Crippen LogP contribution in [-0.2, 0) is 16.1 Å². The Hall–Kier alpha value is -2.77. The van der Waals surface area contributed by atoms with Crippen LogP contribution in [-0.4, -0.2) is 40.8 Å². The number of amides is 2. The molecule has 0 unspecified atom stereocenters. The minimum absolute atomic E-state index is 0.0703. The van der Waals surface area contributed by atoms with Gasteiger partial charge in [0.15, 0.2) is 5.17 Å². The Morgan fingerprint density at radius 3 is 2.74 bits per heavy atom. The van der Waals surface area contributed by atoms with Crippen LogP contribution in [0.1, 0.15) is 17.5 Å². The molecule has 1 N–H and O–H groups in total. The van der Waals surface area contributed by atoms with Gasteiger partial charge in [-0.1, -0.05) is 47.6 Å². The first kappa shape index (κ1) is 22.9. The third kappa shape index (κ3) is 5.68. The second kappa shape index (κ2) is 10.5. The minimum atomic E-state index is -0.533. The van der Waals surface area contributed by atoms with Crippen LogP contribution < -0.4 is 10.1 Å². The zero-order valence-corrected chi connectivity index (χ0v) is 19.0. The molecule has 0 spiro atoms. The summed E-state index contributed by atoms with van der Waals surface area (Å²) in [6, 6.07) is 12.9. The number of hydrogen-bond donors (Lipinski definition) is 1. The van der Waals surface area contributed by atoms with Crippen LogP contribution in [0.4, 0.5) is 5.69 Å². The van der Waals surface area contributed by atoms with Crippen LogP contribution in [0.15, 0.2) is 60.1 Å². The fourth-order valence-corrected chi connectivity index (χ4v) is 4.36. The van der Waals surface area contributed by atoms with Gasteiger partial charge in [0.25, 0.3) is 0 Å².